The number of thiazole rings is 1. The first kappa shape index (κ1) is 15.0. The van der Waals surface area contributed by atoms with Gasteiger partial charge in [0.15, 0.2) is 0 Å². The molecule has 0 aliphatic carbocycles. The van der Waals surface area contributed by atoms with Crippen LogP contribution in [0.3, 0.4) is 0 Å². The summed E-state index contributed by atoms with van der Waals surface area (Å²) in [7, 11) is 0. The second kappa shape index (κ2) is 5.91. The Morgan fingerprint density at radius 2 is 2.25 bits per heavy atom. The van der Waals surface area contributed by atoms with Gasteiger partial charge in [0.2, 0.25) is 11.8 Å². The number of nitrogens with zero attached hydrogens (tertiary/aromatic N) is 2. The van der Waals surface area contributed by atoms with Crippen LogP contribution in [0.15, 0.2) is 6.20 Å². The van der Waals surface area contributed by atoms with Crippen molar-refractivity contribution in [2.45, 2.75) is 45.6 Å². The van der Waals surface area contributed by atoms with Crippen molar-refractivity contribution < 1.29 is 9.59 Å². The Labute approximate surface area is 123 Å². The molecule has 1 aliphatic rings. The summed E-state index contributed by atoms with van der Waals surface area (Å²) in [6.07, 6.45) is 4.28. The quantitative estimate of drug-likeness (QED) is 0.921. The van der Waals surface area contributed by atoms with Gasteiger partial charge in [-0.3, -0.25) is 9.59 Å². The summed E-state index contributed by atoms with van der Waals surface area (Å²) < 4.78 is 0. The predicted octanol–water partition coefficient (Wildman–Crippen LogP) is 1.82. The van der Waals surface area contributed by atoms with Crippen molar-refractivity contribution in [3.05, 3.63) is 16.1 Å². The highest BCUT2D eigenvalue weighted by Gasteiger charge is 2.28. The van der Waals surface area contributed by atoms with Crippen molar-refractivity contribution in [2.75, 3.05) is 13.1 Å². The monoisotopic (exact) mass is 295 g/mol. The molecule has 20 heavy (non-hydrogen) atoms. The smallest absolute Gasteiger partial charge is 0.240 e. The minimum atomic E-state index is -0.505. The number of aryl methyl sites for hydroxylation is 1. The van der Waals surface area contributed by atoms with Gasteiger partial charge in [0.25, 0.3) is 0 Å². The summed E-state index contributed by atoms with van der Waals surface area (Å²) in [5.74, 6) is -0.0487. The van der Waals surface area contributed by atoms with Gasteiger partial charge in [-0.1, -0.05) is 0 Å². The molecule has 110 valence electrons. The second-order valence-corrected chi connectivity index (χ2v) is 6.96. The lowest BCUT2D eigenvalue weighted by Crippen LogP contribution is -2.48. The predicted molar refractivity (Wildman–Crippen MR) is 78.5 cm³/mol. The average molecular weight is 295 g/mol. The molecule has 0 bridgehead atoms. The van der Waals surface area contributed by atoms with E-state index in [4.69, 9.17) is 0 Å². The van der Waals surface area contributed by atoms with Crippen molar-refractivity contribution in [3.8, 4) is 0 Å². The molecule has 2 amide bonds. The molecule has 1 aromatic heterocycles. The standard InChI is InChI=1S/C14H21N3O2S/c1-10-8-15-13(20-10)14(2,3)16-11(18)9-17-7-5-4-6-12(17)19/h8H,4-7,9H2,1-3H3,(H,16,18). The lowest BCUT2D eigenvalue weighted by atomic mass is 10.1. The third kappa shape index (κ3) is 3.56. The molecule has 2 heterocycles. The molecule has 2 rings (SSSR count). The molecule has 0 aromatic carbocycles. The molecular weight excluding hydrogens is 274 g/mol. The molecule has 1 aliphatic heterocycles. The van der Waals surface area contributed by atoms with Crippen LogP contribution in [-0.2, 0) is 15.1 Å². The fourth-order valence-corrected chi connectivity index (χ4v) is 3.11. The average Bonchev–Trinajstić information content (AvgIpc) is 2.79. The molecule has 0 unspecified atom stereocenters. The Hall–Kier alpha value is -1.43. The minimum absolute atomic E-state index is 0.0781. The molecule has 5 nitrogen and oxygen atoms in total. The van der Waals surface area contributed by atoms with Gasteiger partial charge in [-0.05, 0) is 33.6 Å². The van der Waals surface area contributed by atoms with Crippen LogP contribution in [-0.4, -0.2) is 34.8 Å². The van der Waals surface area contributed by atoms with Crippen LogP contribution in [0.25, 0.3) is 0 Å². The Morgan fingerprint density at radius 3 is 2.85 bits per heavy atom. The topological polar surface area (TPSA) is 62.3 Å². The lowest BCUT2D eigenvalue weighted by molar-refractivity contribution is -0.138. The highest BCUT2D eigenvalue weighted by atomic mass is 32.1. The number of carbonyl (C=O) groups excluding carboxylic acids is 2. The number of aromatic nitrogens is 1. The number of carbonyl (C=O) groups is 2. The Kier molecular flexibility index (Phi) is 4.42. The van der Waals surface area contributed by atoms with Gasteiger partial charge in [0, 0.05) is 24.0 Å². The van der Waals surface area contributed by atoms with E-state index in [9.17, 15) is 9.59 Å². The molecule has 1 saturated heterocycles. The third-order valence-corrected chi connectivity index (χ3v) is 4.60. The highest BCUT2D eigenvalue weighted by molar-refractivity contribution is 7.11. The van der Waals surface area contributed by atoms with E-state index in [1.165, 1.54) is 0 Å². The van der Waals surface area contributed by atoms with Crippen LogP contribution in [0.4, 0.5) is 0 Å². The van der Waals surface area contributed by atoms with E-state index in [2.05, 4.69) is 10.3 Å². The minimum Gasteiger partial charge on any atom is -0.343 e. The molecule has 0 saturated carbocycles. The maximum atomic E-state index is 12.1. The second-order valence-electron chi connectivity index (χ2n) is 5.72. The third-order valence-electron chi connectivity index (χ3n) is 3.36. The van der Waals surface area contributed by atoms with Crippen LogP contribution in [0.5, 0.6) is 0 Å². The summed E-state index contributed by atoms with van der Waals surface area (Å²) in [6, 6.07) is 0. The van der Waals surface area contributed by atoms with E-state index in [1.54, 1.807) is 16.2 Å². The first-order valence-electron chi connectivity index (χ1n) is 6.90. The van der Waals surface area contributed by atoms with E-state index < -0.39 is 5.54 Å². The number of hydrogen-bond donors (Lipinski definition) is 1. The Bertz CT molecular complexity index is 510. The summed E-state index contributed by atoms with van der Waals surface area (Å²) in [4.78, 5) is 30.9. The zero-order valence-corrected chi connectivity index (χ0v) is 13.0. The normalized spacial score (nSPS) is 16.4. The van der Waals surface area contributed by atoms with E-state index >= 15 is 0 Å². The van der Waals surface area contributed by atoms with E-state index in [0.29, 0.717) is 13.0 Å². The molecule has 1 aromatic rings. The fraction of sp³-hybridized carbons (Fsp3) is 0.643. The van der Waals surface area contributed by atoms with Gasteiger partial charge < -0.3 is 10.2 Å². The number of amides is 2. The van der Waals surface area contributed by atoms with E-state index in [-0.39, 0.29) is 18.4 Å². The largest absolute Gasteiger partial charge is 0.343 e. The molecule has 1 N–H and O–H groups in total. The van der Waals surface area contributed by atoms with Crippen LogP contribution in [0, 0.1) is 6.92 Å². The Morgan fingerprint density at radius 1 is 1.50 bits per heavy atom. The van der Waals surface area contributed by atoms with Gasteiger partial charge in [-0.15, -0.1) is 11.3 Å². The number of rotatable bonds is 4. The van der Waals surface area contributed by atoms with Gasteiger partial charge >= 0.3 is 0 Å². The van der Waals surface area contributed by atoms with E-state index in [0.717, 1.165) is 22.7 Å². The molecule has 0 atom stereocenters. The first-order chi connectivity index (χ1) is 9.38. The van der Waals surface area contributed by atoms with Crippen molar-refractivity contribution in [1.82, 2.24) is 15.2 Å². The molecular formula is C14H21N3O2S. The zero-order valence-electron chi connectivity index (χ0n) is 12.2. The van der Waals surface area contributed by atoms with Crippen LogP contribution in [0.2, 0.25) is 0 Å². The number of nitrogens with one attached hydrogen (secondary N) is 1. The van der Waals surface area contributed by atoms with Crippen molar-refractivity contribution in [1.29, 1.82) is 0 Å². The van der Waals surface area contributed by atoms with Crippen molar-refractivity contribution >= 4 is 23.2 Å². The van der Waals surface area contributed by atoms with Crippen LogP contribution in [0.1, 0.15) is 43.0 Å². The van der Waals surface area contributed by atoms with Gasteiger partial charge in [-0.2, -0.15) is 0 Å². The summed E-state index contributed by atoms with van der Waals surface area (Å²) >= 11 is 1.58. The summed E-state index contributed by atoms with van der Waals surface area (Å²) in [5.41, 5.74) is -0.505. The molecule has 0 spiro atoms. The van der Waals surface area contributed by atoms with Crippen molar-refractivity contribution in [2.24, 2.45) is 0 Å². The maximum Gasteiger partial charge on any atom is 0.240 e. The Balaban J connectivity index is 1.95. The number of likely N-dealkylation sites (tertiary alicyclic amines) is 1. The number of hydrogen-bond acceptors (Lipinski definition) is 4. The highest BCUT2D eigenvalue weighted by Crippen LogP contribution is 2.24. The van der Waals surface area contributed by atoms with E-state index in [1.807, 2.05) is 27.0 Å². The van der Waals surface area contributed by atoms with Crippen molar-refractivity contribution in [3.63, 3.8) is 0 Å². The SMILES string of the molecule is Cc1cnc(C(C)(C)NC(=O)CN2CCCCC2=O)s1. The number of piperidine rings is 1. The zero-order chi connectivity index (χ0) is 14.8. The lowest BCUT2D eigenvalue weighted by Gasteiger charge is -2.29. The summed E-state index contributed by atoms with van der Waals surface area (Å²) in [6.45, 7) is 6.68. The van der Waals surface area contributed by atoms with Crippen LogP contribution < -0.4 is 5.32 Å². The summed E-state index contributed by atoms with van der Waals surface area (Å²) in [5, 5.41) is 3.85. The molecule has 6 heteroatoms. The van der Waals surface area contributed by atoms with Gasteiger partial charge in [0.1, 0.15) is 5.01 Å². The van der Waals surface area contributed by atoms with Crippen LogP contribution >= 0.6 is 11.3 Å². The first-order valence-corrected chi connectivity index (χ1v) is 7.72. The molecule has 1 fully saturated rings. The van der Waals surface area contributed by atoms with Gasteiger partial charge in [-0.25, -0.2) is 4.98 Å². The maximum absolute atomic E-state index is 12.1. The van der Waals surface area contributed by atoms with Gasteiger partial charge in [0.05, 0.1) is 12.1 Å². The fourth-order valence-electron chi connectivity index (χ4n) is 2.29. The molecule has 0 radical (unpaired) electrons.